The normalized spacial score (nSPS) is 24.1. The van der Waals surface area contributed by atoms with E-state index in [0.29, 0.717) is 13.3 Å². The van der Waals surface area contributed by atoms with E-state index >= 15 is 4.39 Å². The minimum absolute atomic E-state index is 0.160. The number of nitrogens with zero attached hydrogens (tertiary/aromatic N) is 4. The molecule has 0 radical (unpaired) electrons. The molecule has 2 N–H and O–H groups in total. The maximum atomic E-state index is 15.3. The highest BCUT2D eigenvalue weighted by molar-refractivity contribution is 5.72. The lowest BCUT2D eigenvalue weighted by Gasteiger charge is -2.26. The lowest BCUT2D eigenvalue weighted by molar-refractivity contribution is -0.252. The Morgan fingerprint density at radius 3 is 2.52 bits per heavy atom. The molecule has 3 heterocycles. The largest absolute Gasteiger partial charge is 0.454 e. The van der Waals surface area contributed by atoms with Crippen LogP contribution in [0.25, 0.3) is 11.2 Å². The number of nitrogens with two attached hydrogens (primary N) is 1. The Kier molecular flexibility index (Phi) is 6.63. The Morgan fingerprint density at radius 2 is 1.97 bits per heavy atom. The average Bonchev–Trinajstić information content (AvgIpc) is 3.13. The number of carbonyl (C=O) groups excluding carboxylic acids is 2. The number of carbonyl (C=O) groups is 2. The van der Waals surface area contributed by atoms with E-state index in [1.165, 1.54) is 10.8 Å². The Morgan fingerprint density at radius 1 is 1.30 bits per heavy atom. The summed E-state index contributed by atoms with van der Waals surface area (Å²) < 4.78 is 72.4. The molecule has 3 rings (SSSR count). The molecule has 0 unspecified atom stereocenters. The van der Waals surface area contributed by atoms with Crippen molar-refractivity contribution in [2.45, 2.75) is 70.6 Å². The van der Waals surface area contributed by atoms with Gasteiger partial charge in [0.1, 0.15) is 11.6 Å². The van der Waals surface area contributed by atoms with Crippen molar-refractivity contribution in [3.8, 4) is 0 Å². The molecule has 0 bridgehead atoms. The predicted octanol–water partition coefficient (Wildman–Crippen LogP) is 1.25. The summed E-state index contributed by atoms with van der Waals surface area (Å²) in [6.07, 6.45) is -15.4. The van der Waals surface area contributed by atoms with Crippen molar-refractivity contribution in [3.05, 3.63) is 16.7 Å². The zero-order chi connectivity index (χ0) is 24.7. The summed E-state index contributed by atoms with van der Waals surface area (Å²) in [6, 6.07) is 0. The van der Waals surface area contributed by atoms with Crippen molar-refractivity contribution in [1.82, 2.24) is 19.1 Å². The molecule has 2 aromatic heterocycles. The number of imidazole rings is 1. The van der Waals surface area contributed by atoms with E-state index in [1.807, 2.05) is 0 Å². The first kappa shape index (κ1) is 24.4. The fourth-order valence-corrected chi connectivity index (χ4v) is 3.66. The summed E-state index contributed by atoms with van der Waals surface area (Å²) in [5.74, 6) is -2.64. The van der Waals surface area contributed by atoms with Crippen LogP contribution in [0.5, 0.6) is 0 Å². The first-order valence-electron chi connectivity index (χ1n) is 9.80. The molecule has 15 heteroatoms. The molecule has 0 aliphatic carbocycles. The maximum absolute atomic E-state index is 15.3. The zero-order valence-corrected chi connectivity index (χ0v) is 17.7. The molecule has 5 atom stereocenters. The lowest BCUT2D eigenvalue weighted by atomic mass is 10.1. The second kappa shape index (κ2) is 8.96. The highest BCUT2D eigenvalue weighted by Gasteiger charge is 2.60. The first-order chi connectivity index (χ1) is 15.4. The van der Waals surface area contributed by atoms with E-state index in [-0.39, 0.29) is 23.7 Å². The third-order valence-electron chi connectivity index (χ3n) is 4.85. The maximum Gasteiger partial charge on any atom is 0.428 e. The average molecular weight is 479 g/mol. The number of esters is 2. The fraction of sp³-hybridized carbons (Fsp3) is 0.611. The number of ether oxygens (including phenoxy) is 3. The molecule has 2 aromatic rings. The minimum Gasteiger partial charge on any atom is -0.454 e. The number of fused-ring (bicyclic) bond motifs is 1. The van der Waals surface area contributed by atoms with Crippen molar-refractivity contribution < 1.29 is 41.4 Å². The van der Waals surface area contributed by atoms with Gasteiger partial charge < -0.3 is 19.9 Å². The summed E-state index contributed by atoms with van der Waals surface area (Å²) in [6.45, 7) is 3.56. The molecule has 1 saturated heterocycles. The number of hydrogen-bond donors (Lipinski definition) is 1. The third kappa shape index (κ3) is 4.62. The van der Waals surface area contributed by atoms with Crippen LogP contribution in [-0.2, 0) is 30.3 Å². The molecule has 1 fully saturated rings. The highest BCUT2D eigenvalue weighted by atomic mass is 19.4. The van der Waals surface area contributed by atoms with E-state index in [2.05, 4.69) is 14.7 Å². The number of alkyl halides is 4. The molecule has 33 heavy (non-hydrogen) atoms. The number of aryl methyl sites for hydroxylation is 1. The number of anilines is 1. The van der Waals surface area contributed by atoms with E-state index in [0.717, 1.165) is 11.5 Å². The third-order valence-corrected chi connectivity index (χ3v) is 4.85. The van der Waals surface area contributed by atoms with Gasteiger partial charge in [-0.05, 0) is 6.42 Å². The van der Waals surface area contributed by atoms with Crippen LogP contribution in [0.4, 0.5) is 23.5 Å². The van der Waals surface area contributed by atoms with E-state index in [4.69, 9.17) is 15.2 Å². The molecule has 0 spiro atoms. The quantitative estimate of drug-likeness (QED) is 0.479. The van der Waals surface area contributed by atoms with Gasteiger partial charge in [-0.1, -0.05) is 6.92 Å². The zero-order valence-electron chi connectivity index (χ0n) is 17.7. The monoisotopic (exact) mass is 479 g/mol. The molecule has 1 aliphatic rings. The standard InChI is InChI=1S/C18H21F4N5O6/c1-4-5-26-9-6-24-16(23)25-14(9)27(17(26)30)15-12(31-7(2)28)10(19)11(33-15)13(18(20,21)22)32-8(3)29/h6,10-13,15H,4-5H2,1-3H3,(H2,23,24,25)/t10-,11-,12+,13+,15+/m0/s1. The number of nitrogen functional groups attached to an aromatic ring is 1. The van der Waals surface area contributed by atoms with Crippen LogP contribution in [-0.4, -0.2) is 61.7 Å². The SMILES string of the molecule is CCCn1c(=O)n([C@@H]2O[C@H]([C@@H](OC(C)=O)C(F)(F)F)[C@H](F)[C@H]2OC(C)=O)c2nc(N)ncc21. The van der Waals surface area contributed by atoms with Gasteiger partial charge in [-0.3, -0.25) is 14.2 Å². The van der Waals surface area contributed by atoms with Gasteiger partial charge in [0.05, 0.1) is 6.20 Å². The Labute approximate surface area is 183 Å². The van der Waals surface area contributed by atoms with Gasteiger partial charge in [-0.2, -0.15) is 18.2 Å². The Hall–Kier alpha value is -3.23. The number of aromatic nitrogens is 4. The van der Waals surface area contributed by atoms with E-state index in [9.17, 15) is 27.6 Å². The molecule has 1 aliphatic heterocycles. The molecule has 11 nitrogen and oxygen atoms in total. The lowest BCUT2D eigenvalue weighted by Crippen LogP contribution is -2.47. The van der Waals surface area contributed by atoms with Crippen LogP contribution in [0.2, 0.25) is 0 Å². The van der Waals surface area contributed by atoms with Crippen LogP contribution in [0, 0.1) is 0 Å². The van der Waals surface area contributed by atoms with Crippen LogP contribution in [0.1, 0.15) is 33.4 Å². The van der Waals surface area contributed by atoms with Gasteiger partial charge >= 0.3 is 23.8 Å². The van der Waals surface area contributed by atoms with Crippen LogP contribution in [0.15, 0.2) is 11.0 Å². The van der Waals surface area contributed by atoms with Crippen LogP contribution < -0.4 is 11.4 Å². The number of hydrogen-bond acceptors (Lipinski definition) is 9. The number of halogens is 4. The van der Waals surface area contributed by atoms with Crippen LogP contribution in [0.3, 0.4) is 0 Å². The van der Waals surface area contributed by atoms with Crippen molar-refractivity contribution in [3.63, 3.8) is 0 Å². The molecular weight excluding hydrogens is 458 g/mol. The van der Waals surface area contributed by atoms with Crippen molar-refractivity contribution in [2.75, 3.05) is 5.73 Å². The van der Waals surface area contributed by atoms with Crippen molar-refractivity contribution in [2.24, 2.45) is 0 Å². The second-order valence-corrected chi connectivity index (χ2v) is 7.32. The summed E-state index contributed by atoms with van der Waals surface area (Å²) in [4.78, 5) is 43.7. The minimum atomic E-state index is -5.22. The summed E-state index contributed by atoms with van der Waals surface area (Å²) >= 11 is 0. The van der Waals surface area contributed by atoms with E-state index in [1.54, 1.807) is 6.92 Å². The topological polar surface area (TPSA) is 141 Å². The highest BCUT2D eigenvalue weighted by Crippen LogP contribution is 2.41. The summed E-state index contributed by atoms with van der Waals surface area (Å²) in [5, 5.41) is 0. The fourth-order valence-electron chi connectivity index (χ4n) is 3.66. The predicted molar refractivity (Wildman–Crippen MR) is 102 cm³/mol. The molecular formula is C18H21F4N5O6. The van der Waals surface area contributed by atoms with Gasteiger partial charge in [0, 0.05) is 20.4 Å². The van der Waals surface area contributed by atoms with Crippen molar-refractivity contribution >= 4 is 29.1 Å². The van der Waals surface area contributed by atoms with Gasteiger partial charge in [-0.25, -0.2) is 18.7 Å². The van der Waals surface area contributed by atoms with Gasteiger partial charge in [-0.15, -0.1) is 0 Å². The Bertz CT molecular complexity index is 1120. The Balaban J connectivity index is 2.18. The van der Waals surface area contributed by atoms with Crippen molar-refractivity contribution in [1.29, 1.82) is 0 Å². The van der Waals surface area contributed by atoms with Crippen LogP contribution >= 0.6 is 0 Å². The van der Waals surface area contributed by atoms with Gasteiger partial charge in [0.2, 0.25) is 12.1 Å². The second-order valence-electron chi connectivity index (χ2n) is 7.32. The summed E-state index contributed by atoms with van der Waals surface area (Å²) in [5.41, 5.74) is 4.78. The summed E-state index contributed by atoms with van der Waals surface area (Å²) in [7, 11) is 0. The van der Waals surface area contributed by atoms with E-state index < -0.39 is 54.5 Å². The van der Waals surface area contributed by atoms with Gasteiger partial charge in [0.25, 0.3) is 0 Å². The van der Waals surface area contributed by atoms with Gasteiger partial charge in [0.15, 0.2) is 24.2 Å². The number of rotatable bonds is 6. The molecule has 0 aromatic carbocycles. The molecule has 182 valence electrons. The molecule has 0 amide bonds. The smallest absolute Gasteiger partial charge is 0.428 e. The molecule has 0 saturated carbocycles. The first-order valence-corrected chi connectivity index (χ1v) is 9.80.